The number of nitrogens with one attached hydrogen (secondary N) is 1. The summed E-state index contributed by atoms with van der Waals surface area (Å²) < 4.78 is 0. The predicted octanol–water partition coefficient (Wildman–Crippen LogP) is 3.78. The molecule has 1 aliphatic rings. The van der Waals surface area contributed by atoms with E-state index in [2.05, 4.69) is 41.7 Å². The molecule has 110 valence electrons. The SMILES string of the molecule is OC[C@H](N[C@H]1CCCCc2ccccc21)c1ccccc1. The Morgan fingerprint density at radius 2 is 1.76 bits per heavy atom. The number of aliphatic hydroxyl groups excluding tert-OH is 1. The number of aryl methyl sites for hydroxylation is 1. The summed E-state index contributed by atoms with van der Waals surface area (Å²) in [5, 5.41) is 13.4. The fourth-order valence-corrected chi connectivity index (χ4v) is 3.28. The maximum atomic E-state index is 9.77. The molecule has 2 atom stereocenters. The summed E-state index contributed by atoms with van der Waals surface area (Å²) in [6.07, 6.45) is 4.80. The number of hydrogen-bond acceptors (Lipinski definition) is 2. The van der Waals surface area contributed by atoms with Crippen LogP contribution in [0.2, 0.25) is 0 Å². The highest BCUT2D eigenvalue weighted by Crippen LogP contribution is 2.30. The summed E-state index contributed by atoms with van der Waals surface area (Å²) in [6, 6.07) is 19.3. The number of hydrogen-bond donors (Lipinski definition) is 2. The van der Waals surface area contributed by atoms with E-state index < -0.39 is 0 Å². The fraction of sp³-hybridized carbons (Fsp3) is 0.368. The van der Waals surface area contributed by atoms with E-state index in [1.54, 1.807) is 0 Å². The second kappa shape index (κ2) is 6.88. The van der Waals surface area contributed by atoms with Crippen molar-refractivity contribution in [2.24, 2.45) is 0 Å². The summed E-state index contributed by atoms with van der Waals surface area (Å²) in [4.78, 5) is 0. The van der Waals surface area contributed by atoms with Crippen LogP contribution in [0.25, 0.3) is 0 Å². The topological polar surface area (TPSA) is 32.3 Å². The van der Waals surface area contributed by atoms with Gasteiger partial charge in [-0.3, -0.25) is 0 Å². The van der Waals surface area contributed by atoms with Crippen molar-refractivity contribution in [2.45, 2.75) is 37.8 Å². The van der Waals surface area contributed by atoms with Gasteiger partial charge in [0.25, 0.3) is 0 Å². The Kier molecular flexibility index (Phi) is 4.69. The van der Waals surface area contributed by atoms with E-state index in [0.29, 0.717) is 6.04 Å². The average Bonchev–Trinajstić information content (AvgIpc) is 2.76. The monoisotopic (exact) mass is 281 g/mol. The van der Waals surface area contributed by atoms with Crippen LogP contribution < -0.4 is 5.32 Å². The molecule has 0 heterocycles. The Hall–Kier alpha value is -1.64. The van der Waals surface area contributed by atoms with Crippen LogP contribution in [0, 0.1) is 0 Å². The van der Waals surface area contributed by atoms with Crippen molar-refractivity contribution < 1.29 is 5.11 Å². The molecule has 2 aromatic rings. The molecule has 2 heteroatoms. The molecule has 0 unspecified atom stereocenters. The summed E-state index contributed by atoms with van der Waals surface area (Å²) in [7, 11) is 0. The third kappa shape index (κ3) is 3.34. The van der Waals surface area contributed by atoms with E-state index >= 15 is 0 Å². The third-order valence-electron chi connectivity index (χ3n) is 4.41. The minimum atomic E-state index is 0.00218. The molecule has 0 aromatic heterocycles. The van der Waals surface area contributed by atoms with Crippen LogP contribution >= 0.6 is 0 Å². The Labute approximate surface area is 126 Å². The fourth-order valence-electron chi connectivity index (χ4n) is 3.28. The van der Waals surface area contributed by atoms with Gasteiger partial charge in [-0.25, -0.2) is 0 Å². The summed E-state index contributed by atoms with van der Waals surface area (Å²) in [6.45, 7) is 0.128. The van der Waals surface area contributed by atoms with Crippen molar-refractivity contribution in [3.8, 4) is 0 Å². The van der Waals surface area contributed by atoms with Gasteiger partial charge in [-0.05, 0) is 36.0 Å². The summed E-state index contributed by atoms with van der Waals surface area (Å²) in [5.74, 6) is 0. The first-order chi connectivity index (χ1) is 10.4. The van der Waals surface area contributed by atoms with Crippen molar-refractivity contribution >= 4 is 0 Å². The lowest BCUT2D eigenvalue weighted by Crippen LogP contribution is -2.29. The Balaban J connectivity index is 1.83. The molecule has 0 amide bonds. The highest BCUT2D eigenvalue weighted by atomic mass is 16.3. The molecule has 0 aliphatic heterocycles. The molecular weight excluding hydrogens is 258 g/mol. The minimum absolute atomic E-state index is 0.00218. The lowest BCUT2D eigenvalue weighted by Gasteiger charge is -2.25. The van der Waals surface area contributed by atoms with E-state index in [1.165, 1.54) is 30.4 Å². The molecule has 3 rings (SSSR count). The van der Waals surface area contributed by atoms with Gasteiger partial charge in [-0.1, -0.05) is 61.0 Å². The highest BCUT2D eigenvalue weighted by Gasteiger charge is 2.21. The zero-order valence-electron chi connectivity index (χ0n) is 12.3. The number of rotatable bonds is 4. The van der Waals surface area contributed by atoms with Gasteiger partial charge in [0, 0.05) is 6.04 Å². The molecule has 2 aromatic carbocycles. The molecule has 0 radical (unpaired) electrons. The van der Waals surface area contributed by atoms with Crippen LogP contribution in [-0.4, -0.2) is 11.7 Å². The zero-order valence-corrected chi connectivity index (χ0v) is 12.3. The van der Waals surface area contributed by atoms with E-state index in [0.717, 1.165) is 12.0 Å². The highest BCUT2D eigenvalue weighted by molar-refractivity contribution is 5.31. The first-order valence-electron chi connectivity index (χ1n) is 7.88. The number of fused-ring (bicyclic) bond motifs is 1. The Morgan fingerprint density at radius 3 is 2.57 bits per heavy atom. The van der Waals surface area contributed by atoms with Crippen molar-refractivity contribution in [3.63, 3.8) is 0 Å². The van der Waals surface area contributed by atoms with E-state index in [1.807, 2.05) is 18.2 Å². The Bertz CT molecular complexity index is 567. The number of aliphatic hydroxyl groups is 1. The molecule has 21 heavy (non-hydrogen) atoms. The molecular formula is C19H23NO. The van der Waals surface area contributed by atoms with Gasteiger partial charge in [0.15, 0.2) is 0 Å². The van der Waals surface area contributed by atoms with Crippen LogP contribution in [0.15, 0.2) is 54.6 Å². The average molecular weight is 281 g/mol. The smallest absolute Gasteiger partial charge is 0.0626 e. The molecule has 0 bridgehead atoms. The van der Waals surface area contributed by atoms with Crippen LogP contribution in [0.4, 0.5) is 0 Å². The minimum Gasteiger partial charge on any atom is -0.394 e. The second-order valence-corrected chi connectivity index (χ2v) is 5.81. The maximum absolute atomic E-state index is 9.77. The molecule has 0 saturated heterocycles. The van der Waals surface area contributed by atoms with Crippen molar-refractivity contribution in [1.29, 1.82) is 0 Å². The third-order valence-corrected chi connectivity index (χ3v) is 4.41. The molecule has 0 spiro atoms. The van der Waals surface area contributed by atoms with Crippen LogP contribution in [0.3, 0.4) is 0 Å². The van der Waals surface area contributed by atoms with Gasteiger partial charge in [0.05, 0.1) is 12.6 Å². The molecule has 0 fully saturated rings. The van der Waals surface area contributed by atoms with Gasteiger partial charge in [-0.2, -0.15) is 0 Å². The first-order valence-corrected chi connectivity index (χ1v) is 7.88. The zero-order chi connectivity index (χ0) is 14.5. The quantitative estimate of drug-likeness (QED) is 0.836. The Morgan fingerprint density at radius 1 is 1.00 bits per heavy atom. The second-order valence-electron chi connectivity index (χ2n) is 5.81. The lowest BCUT2D eigenvalue weighted by molar-refractivity contribution is 0.230. The van der Waals surface area contributed by atoms with Gasteiger partial charge in [0.1, 0.15) is 0 Å². The van der Waals surface area contributed by atoms with Gasteiger partial charge in [-0.15, -0.1) is 0 Å². The standard InChI is InChI=1S/C19H23NO/c21-14-19(16-10-2-1-3-11-16)20-18-13-7-5-9-15-8-4-6-12-17(15)18/h1-4,6,8,10-12,18-21H,5,7,9,13-14H2/t18-,19-/m0/s1. The molecule has 0 saturated carbocycles. The van der Waals surface area contributed by atoms with Crippen molar-refractivity contribution in [1.82, 2.24) is 5.32 Å². The summed E-state index contributed by atoms with van der Waals surface area (Å²) >= 11 is 0. The number of benzene rings is 2. The van der Waals surface area contributed by atoms with Gasteiger partial charge in [0.2, 0.25) is 0 Å². The van der Waals surface area contributed by atoms with Crippen LogP contribution in [0.5, 0.6) is 0 Å². The van der Waals surface area contributed by atoms with Crippen LogP contribution in [-0.2, 0) is 6.42 Å². The maximum Gasteiger partial charge on any atom is 0.0626 e. The summed E-state index contributed by atoms with van der Waals surface area (Å²) in [5.41, 5.74) is 4.02. The van der Waals surface area contributed by atoms with E-state index in [-0.39, 0.29) is 12.6 Å². The largest absolute Gasteiger partial charge is 0.394 e. The molecule has 1 aliphatic carbocycles. The van der Waals surface area contributed by atoms with Gasteiger partial charge < -0.3 is 10.4 Å². The molecule has 2 nitrogen and oxygen atoms in total. The van der Waals surface area contributed by atoms with Crippen LogP contribution in [0.1, 0.15) is 48.0 Å². The predicted molar refractivity (Wildman–Crippen MR) is 86.1 cm³/mol. The van der Waals surface area contributed by atoms with E-state index in [9.17, 15) is 5.11 Å². The van der Waals surface area contributed by atoms with Gasteiger partial charge >= 0.3 is 0 Å². The van der Waals surface area contributed by atoms with E-state index in [4.69, 9.17) is 0 Å². The first kappa shape index (κ1) is 14.3. The normalized spacial score (nSPS) is 19.6. The lowest BCUT2D eigenvalue weighted by atomic mass is 9.97. The van der Waals surface area contributed by atoms with Crippen molar-refractivity contribution in [2.75, 3.05) is 6.61 Å². The molecule has 2 N–H and O–H groups in total. The van der Waals surface area contributed by atoms with Crippen molar-refractivity contribution in [3.05, 3.63) is 71.3 Å².